The van der Waals surface area contributed by atoms with Crippen LogP contribution < -0.4 is 0 Å². The summed E-state index contributed by atoms with van der Waals surface area (Å²) < 4.78 is 23.2. The topological polar surface area (TPSA) is 60.4 Å². The van der Waals surface area contributed by atoms with Gasteiger partial charge in [0, 0.05) is 0 Å². The maximum absolute atomic E-state index is 10.3. The first-order valence-corrected chi connectivity index (χ1v) is 3.49. The Balaban J connectivity index is 3.79. The molecule has 0 radical (unpaired) electrons. The van der Waals surface area contributed by atoms with Gasteiger partial charge in [0.25, 0.3) is 0 Å². The Morgan fingerprint density at radius 1 is 1.44 bits per heavy atom. The van der Waals surface area contributed by atoms with Crippen molar-refractivity contribution in [1.29, 1.82) is 0 Å². The smallest absolute Gasteiger partial charge is 0.324 e. The minimum absolute atomic E-state index is 0.391. The molecule has 0 atom stereocenters. The molecular formula is C4H8O4S. The molecule has 0 rings (SSSR count). The van der Waals surface area contributed by atoms with Crippen molar-refractivity contribution in [2.24, 2.45) is 5.92 Å². The second-order valence-corrected chi connectivity index (χ2v) is 2.42. The number of carbonyl (C=O) groups is 1. The molecular weight excluding hydrogens is 144 g/mol. The first-order chi connectivity index (χ1) is 4.04. The van der Waals surface area contributed by atoms with Gasteiger partial charge in [-0.05, 0) is 0 Å². The molecule has 5 heteroatoms. The fourth-order valence-electron chi connectivity index (χ4n) is 0.179. The summed E-state index contributed by atoms with van der Waals surface area (Å²) in [4.78, 5) is 10.3. The summed E-state index contributed by atoms with van der Waals surface area (Å²) in [5, 5.41) is 0. The van der Waals surface area contributed by atoms with E-state index >= 15 is 0 Å². The highest BCUT2D eigenvalue weighted by atomic mass is 32.2. The second-order valence-electron chi connectivity index (χ2n) is 1.79. The first-order valence-electron chi connectivity index (χ1n) is 2.40. The molecule has 0 aromatic carbocycles. The van der Waals surface area contributed by atoms with E-state index in [4.69, 9.17) is 0 Å². The highest BCUT2D eigenvalue weighted by Gasteiger charge is 2.07. The standard InChI is InChI=1S/C4H8O4S/c1-3(2)4(5)8-9(6)7/h3,9H,1-2H3. The van der Waals surface area contributed by atoms with Crippen LogP contribution in [-0.4, -0.2) is 14.4 Å². The third-order valence-corrected chi connectivity index (χ3v) is 0.965. The lowest BCUT2D eigenvalue weighted by atomic mass is 10.2. The summed E-state index contributed by atoms with van der Waals surface area (Å²) in [6.45, 7) is 3.11. The third kappa shape index (κ3) is 3.96. The van der Waals surface area contributed by atoms with E-state index in [1.165, 1.54) is 0 Å². The van der Waals surface area contributed by atoms with Crippen molar-refractivity contribution in [3.8, 4) is 0 Å². The summed E-state index contributed by atoms with van der Waals surface area (Å²) in [7, 11) is -3.02. The van der Waals surface area contributed by atoms with Crippen LogP contribution >= 0.6 is 0 Å². The Morgan fingerprint density at radius 3 is 2.00 bits per heavy atom. The second kappa shape index (κ2) is 3.45. The van der Waals surface area contributed by atoms with Gasteiger partial charge in [0.2, 0.25) is 0 Å². The number of thiol groups is 1. The first kappa shape index (κ1) is 8.42. The Bertz CT molecular complexity index is 161. The average molecular weight is 152 g/mol. The SMILES string of the molecule is CC(C)C(=O)O[SH](=O)=O. The van der Waals surface area contributed by atoms with Crippen LogP contribution in [0.1, 0.15) is 13.8 Å². The Labute approximate surface area is 55.0 Å². The molecule has 0 aliphatic heterocycles. The third-order valence-electron chi connectivity index (χ3n) is 0.636. The molecule has 9 heavy (non-hydrogen) atoms. The van der Waals surface area contributed by atoms with Crippen LogP contribution in [0.2, 0.25) is 0 Å². The zero-order valence-electron chi connectivity index (χ0n) is 5.16. The van der Waals surface area contributed by atoms with Gasteiger partial charge in [0.15, 0.2) is 0 Å². The van der Waals surface area contributed by atoms with Gasteiger partial charge in [-0.2, -0.15) is 8.42 Å². The molecule has 0 N–H and O–H groups in total. The van der Waals surface area contributed by atoms with Gasteiger partial charge in [0.05, 0.1) is 5.92 Å². The Morgan fingerprint density at radius 2 is 1.89 bits per heavy atom. The van der Waals surface area contributed by atoms with Crippen molar-refractivity contribution in [2.45, 2.75) is 13.8 Å². The molecule has 0 aromatic heterocycles. The van der Waals surface area contributed by atoms with Gasteiger partial charge in [-0.15, -0.1) is 0 Å². The number of hydrogen-bond acceptors (Lipinski definition) is 4. The summed E-state index contributed by atoms with van der Waals surface area (Å²) >= 11 is 0. The van der Waals surface area contributed by atoms with Crippen LogP contribution in [-0.2, 0) is 20.0 Å². The molecule has 0 heterocycles. The number of rotatable bonds is 2. The van der Waals surface area contributed by atoms with Gasteiger partial charge < -0.3 is 4.18 Å². The van der Waals surface area contributed by atoms with E-state index in [-0.39, 0.29) is 0 Å². The predicted octanol–water partition coefficient (Wildman–Crippen LogP) is -0.288. The minimum atomic E-state index is -3.02. The maximum atomic E-state index is 10.3. The van der Waals surface area contributed by atoms with Crippen molar-refractivity contribution < 1.29 is 17.4 Å². The summed E-state index contributed by atoms with van der Waals surface area (Å²) in [6.07, 6.45) is 0. The molecule has 0 aliphatic rings. The minimum Gasteiger partial charge on any atom is -0.347 e. The van der Waals surface area contributed by atoms with Crippen LogP contribution in [0.15, 0.2) is 0 Å². The van der Waals surface area contributed by atoms with Crippen molar-refractivity contribution >= 4 is 17.0 Å². The predicted molar refractivity (Wildman–Crippen MR) is 31.2 cm³/mol. The van der Waals surface area contributed by atoms with Gasteiger partial charge >= 0.3 is 17.0 Å². The van der Waals surface area contributed by atoms with Crippen molar-refractivity contribution in [2.75, 3.05) is 0 Å². The van der Waals surface area contributed by atoms with Crippen molar-refractivity contribution in [3.63, 3.8) is 0 Å². The molecule has 0 aliphatic carbocycles. The highest BCUT2D eigenvalue weighted by Crippen LogP contribution is 1.94. The van der Waals surface area contributed by atoms with E-state index < -0.39 is 22.9 Å². The van der Waals surface area contributed by atoms with E-state index in [0.29, 0.717) is 0 Å². The highest BCUT2D eigenvalue weighted by molar-refractivity contribution is 7.67. The monoisotopic (exact) mass is 152 g/mol. The zero-order chi connectivity index (χ0) is 7.44. The molecule has 0 spiro atoms. The van der Waals surface area contributed by atoms with Crippen LogP contribution in [0.25, 0.3) is 0 Å². The normalized spacial score (nSPS) is 10.2. The molecule has 0 bridgehead atoms. The number of carbonyl (C=O) groups excluding carboxylic acids is 1. The van der Waals surface area contributed by atoms with Gasteiger partial charge in [-0.1, -0.05) is 13.8 Å². The summed E-state index contributed by atoms with van der Waals surface area (Å²) in [5.41, 5.74) is 0. The molecule has 0 fully saturated rings. The lowest BCUT2D eigenvalue weighted by molar-refractivity contribution is -0.136. The fourth-order valence-corrected chi connectivity index (χ4v) is 0.537. The Kier molecular flexibility index (Phi) is 3.22. The molecule has 0 saturated carbocycles. The van der Waals surface area contributed by atoms with E-state index in [2.05, 4.69) is 4.18 Å². The lowest BCUT2D eigenvalue weighted by Crippen LogP contribution is -2.09. The van der Waals surface area contributed by atoms with Crippen LogP contribution in [0, 0.1) is 5.92 Å². The van der Waals surface area contributed by atoms with E-state index in [0.717, 1.165) is 0 Å². The molecule has 0 amide bonds. The van der Waals surface area contributed by atoms with Crippen LogP contribution in [0.5, 0.6) is 0 Å². The maximum Gasteiger partial charge on any atom is 0.324 e. The molecule has 4 nitrogen and oxygen atoms in total. The fraction of sp³-hybridized carbons (Fsp3) is 0.750. The lowest BCUT2D eigenvalue weighted by Gasteiger charge is -1.96. The quantitative estimate of drug-likeness (QED) is 0.552. The molecule has 54 valence electrons. The number of hydrogen-bond donors (Lipinski definition) is 1. The van der Waals surface area contributed by atoms with Crippen molar-refractivity contribution in [1.82, 2.24) is 0 Å². The molecule has 0 aromatic rings. The molecule has 0 saturated heterocycles. The van der Waals surface area contributed by atoms with E-state index in [9.17, 15) is 13.2 Å². The van der Waals surface area contributed by atoms with Gasteiger partial charge in [-0.25, -0.2) is 0 Å². The van der Waals surface area contributed by atoms with Gasteiger partial charge in [0.1, 0.15) is 0 Å². The molecule has 0 unspecified atom stereocenters. The van der Waals surface area contributed by atoms with Crippen molar-refractivity contribution in [3.05, 3.63) is 0 Å². The van der Waals surface area contributed by atoms with Crippen LogP contribution in [0.4, 0.5) is 0 Å². The van der Waals surface area contributed by atoms with Crippen LogP contribution in [0.3, 0.4) is 0 Å². The van der Waals surface area contributed by atoms with E-state index in [1.54, 1.807) is 13.8 Å². The van der Waals surface area contributed by atoms with E-state index in [1.807, 2.05) is 0 Å². The largest absolute Gasteiger partial charge is 0.347 e. The average Bonchev–Trinajstić information content (AvgIpc) is 1.63. The summed E-state index contributed by atoms with van der Waals surface area (Å²) in [5.74, 6) is -1.11. The Hall–Kier alpha value is -0.580. The zero-order valence-corrected chi connectivity index (χ0v) is 6.05. The van der Waals surface area contributed by atoms with Gasteiger partial charge in [-0.3, -0.25) is 4.79 Å². The summed E-state index contributed by atoms with van der Waals surface area (Å²) in [6, 6.07) is 0.